The third-order valence-electron chi connectivity index (χ3n) is 5.13. The number of aromatic nitrogens is 3. The van der Waals surface area contributed by atoms with Crippen LogP contribution in [0.2, 0.25) is 0 Å². The van der Waals surface area contributed by atoms with Gasteiger partial charge in [0.05, 0.1) is 24.4 Å². The highest BCUT2D eigenvalue weighted by molar-refractivity contribution is 5.73. The molecule has 2 heterocycles. The van der Waals surface area contributed by atoms with E-state index in [4.69, 9.17) is 10.00 Å². The van der Waals surface area contributed by atoms with Crippen molar-refractivity contribution in [2.24, 2.45) is 0 Å². The van der Waals surface area contributed by atoms with Gasteiger partial charge in [-0.15, -0.1) is 0 Å². The number of aromatic amines is 1. The minimum absolute atomic E-state index is 0.175. The summed E-state index contributed by atoms with van der Waals surface area (Å²) in [7, 11) is 3.31. The Morgan fingerprint density at radius 1 is 1.03 bits per heavy atom. The number of hydrogen-bond donors (Lipinski definition) is 1. The Kier molecular flexibility index (Phi) is 5.37. The number of benzene rings is 2. The van der Waals surface area contributed by atoms with Gasteiger partial charge in [0.2, 0.25) is 0 Å². The van der Waals surface area contributed by atoms with E-state index in [0.717, 1.165) is 33.8 Å². The lowest BCUT2D eigenvalue weighted by molar-refractivity contribution is 0.387. The second-order valence-corrected chi connectivity index (χ2v) is 7.09. The predicted molar refractivity (Wildman–Crippen MR) is 118 cm³/mol. The van der Waals surface area contributed by atoms with Crippen LogP contribution in [0.5, 0.6) is 5.75 Å². The number of nitriles is 1. The predicted octanol–water partition coefficient (Wildman–Crippen LogP) is 5.23. The molecule has 0 saturated carbocycles. The number of halogens is 1. The van der Waals surface area contributed by atoms with Gasteiger partial charge in [-0.05, 0) is 66.1 Å². The standard InChI is InChI=1S/C24H20FN5O/c1-15-10-16(14-26)4-6-19(15)17-8-9-27-23(12-17)30(2)24-13-21(28-29-24)18-5-7-20(25)22(11-18)31-3/h4-13H,1-3H3,(H,28,29). The molecular formula is C24H20FN5O. The molecule has 0 unspecified atom stereocenters. The lowest BCUT2D eigenvalue weighted by Crippen LogP contribution is -2.11. The number of aryl methyl sites for hydroxylation is 1. The Hall–Kier alpha value is -4.18. The first-order valence-electron chi connectivity index (χ1n) is 9.60. The van der Waals surface area contributed by atoms with Crippen molar-refractivity contribution in [3.63, 3.8) is 0 Å². The fourth-order valence-corrected chi connectivity index (χ4v) is 3.40. The second-order valence-electron chi connectivity index (χ2n) is 7.09. The van der Waals surface area contributed by atoms with E-state index in [1.807, 2.05) is 55.3 Å². The van der Waals surface area contributed by atoms with Gasteiger partial charge in [-0.1, -0.05) is 6.07 Å². The number of ether oxygens (including phenoxy) is 1. The molecule has 2 aromatic carbocycles. The van der Waals surface area contributed by atoms with Crippen LogP contribution in [0, 0.1) is 24.1 Å². The summed E-state index contributed by atoms with van der Waals surface area (Å²) in [6.07, 6.45) is 1.75. The van der Waals surface area contributed by atoms with Crippen LogP contribution in [0.3, 0.4) is 0 Å². The summed E-state index contributed by atoms with van der Waals surface area (Å²) in [5.74, 6) is 1.15. The molecule has 31 heavy (non-hydrogen) atoms. The Balaban J connectivity index is 1.63. The number of anilines is 2. The Labute approximate surface area is 179 Å². The summed E-state index contributed by atoms with van der Waals surface area (Å²) < 4.78 is 18.8. The maximum Gasteiger partial charge on any atom is 0.165 e. The van der Waals surface area contributed by atoms with Gasteiger partial charge in [-0.25, -0.2) is 9.37 Å². The fourth-order valence-electron chi connectivity index (χ4n) is 3.40. The molecule has 0 amide bonds. The summed E-state index contributed by atoms with van der Waals surface area (Å²) in [5, 5.41) is 16.5. The number of methoxy groups -OCH3 is 1. The Morgan fingerprint density at radius 2 is 1.87 bits per heavy atom. The summed E-state index contributed by atoms with van der Waals surface area (Å²) in [5.41, 5.74) is 5.19. The molecule has 2 aromatic heterocycles. The van der Waals surface area contributed by atoms with E-state index >= 15 is 0 Å². The van der Waals surface area contributed by atoms with Crippen LogP contribution in [-0.2, 0) is 0 Å². The van der Waals surface area contributed by atoms with Gasteiger partial charge in [0, 0.05) is 24.9 Å². The molecule has 0 aliphatic carbocycles. The van der Waals surface area contributed by atoms with E-state index in [1.54, 1.807) is 18.3 Å². The van der Waals surface area contributed by atoms with Crippen LogP contribution in [0.1, 0.15) is 11.1 Å². The van der Waals surface area contributed by atoms with Crippen molar-refractivity contribution in [1.29, 1.82) is 5.26 Å². The first-order chi connectivity index (χ1) is 15.0. The van der Waals surface area contributed by atoms with E-state index in [2.05, 4.69) is 21.3 Å². The number of pyridine rings is 1. The molecule has 7 heteroatoms. The molecule has 0 aliphatic heterocycles. The van der Waals surface area contributed by atoms with E-state index in [1.165, 1.54) is 13.2 Å². The van der Waals surface area contributed by atoms with Crippen LogP contribution >= 0.6 is 0 Å². The number of hydrogen-bond acceptors (Lipinski definition) is 5. The first kappa shape index (κ1) is 20.1. The summed E-state index contributed by atoms with van der Waals surface area (Å²) >= 11 is 0. The van der Waals surface area contributed by atoms with Gasteiger partial charge in [0.1, 0.15) is 5.82 Å². The third kappa shape index (κ3) is 3.96. The Morgan fingerprint density at radius 3 is 2.61 bits per heavy atom. The molecule has 0 radical (unpaired) electrons. The van der Waals surface area contributed by atoms with Gasteiger partial charge in [-0.3, -0.25) is 5.10 Å². The SMILES string of the molecule is COc1cc(-c2cc(N(C)c3cc(-c4ccc(C#N)cc4C)ccn3)n[nH]2)ccc1F. The van der Waals surface area contributed by atoms with Gasteiger partial charge in [0.25, 0.3) is 0 Å². The fraction of sp³-hybridized carbons (Fsp3) is 0.125. The minimum Gasteiger partial charge on any atom is -0.494 e. The Bertz CT molecular complexity index is 1290. The van der Waals surface area contributed by atoms with E-state index < -0.39 is 5.82 Å². The van der Waals surface area contributed by atoms with E-state index in [9.17, 15) is 4.39 Å². The zero-order valence-electron chi connectivity index (χ0n) is 17.3. The number of H-pyrrole nitrogens is 1. The molecule has 154 valence electrons. The minimum atomic E-state index is -0.415. The van der Waals surface area contributed by atoms with E-state index in [0.29, 0.717) is 11.4 Å². The van der Waals surface area contributed by atoms with Crippen molar-refractivity contribution in [2.45, 2.75) is 6.92 Å². The maximum absolute atomic E-state index is 13.7. The van der Waals surface area contributed by atoms with Crippen LogP contribution in [0.25, 0.3) is 22.4 Å². The average Bonchev–Trinajstić information content (AvgIpc) is 3.29. The molecule has 0 spiro atoms. The first-order valence-corrected chi connectivity index (χ1v) is 9.60. The monoisotopic (exact) mass is 413 g/mol. The summed E-state index contributed by atoms with van der Waals surface area (Å²) in [6, 6.07) is 18.2. The number of nitrogens with one attached hydrogen (secondary N) is 1. The molecule has 0 atom stereocenters. The smallest absolute Gasteiger partial charge is 0.165 e. The molecule has 4 aromatic rings. The van der Waals surface area contributed by atoms with Crippen molar-refractivity contribution in [2.75, 3.05) is 19.1 Å². The second kappa shape index (κ2) is 8.28. The molecule has 0 saturated heterocycles. The van der Waals surface area contributed by atoms with Crippen LogP contribution in [0.4, 0.5) is 16.0 Å². The average molecular weight is 413 g/mol. The quantitative estimate of drug-likeness (QED) is 0.484. The maximum atomic E-state index is 13.7. The molecule has 6 nitrogen and oxygen atoms in total. The lowest BCUT2D eigenvalue weighted by Gasteiger charge is -2.16. The molecule has 0 bridgehead atoms. The van der Waals surface area contributed by atoms with Gasteiger partial charge < -0.3 is 9.64 Å². The van der Waals surface area contributed by atoms with Crippen molar-refractivity contribution in [3.05, 3.63) is 77.7 Å². The van der Waals surface area contributed by atoms with Crippen molar-refractivity contribution in [1.82, 2.24) is 15.2 Å². The van der Waals surface area contributed by atoms with Crippen molar-refractivity contribution in [3.8, 4) is 34.2 Å². The van der Waals surface area contributed by atoms with E-state index in [-0.39, 0.29) is 5.75 Å². The topological polar surface area (TPSA) is 77.8 Å². The lowest BCUT2D eigenvalue weighted by atomic mass is 9.99. The molecule has 1 N–H and O–H groups in total. The molecular weight excluding hydrogens is 393 g/mol. The van der Waals surface area contributed by atoms with Gasteiger partial charge in [-0.2, -0.15) is 10.4 Å². The highest BCUT2D eigenvalue weighted by Crippen LogP contribution is 2.31. The molecule has 0 aliphatic rings. The van der Waals surface area contributed by atoms with Crippen LogP contribution in [0.15, 0.2) is 60.8 Å². The third-order valence-corrected chi connectivity index (χ3v) is 5.13. The zero-order valence-corrected chi connectivity index (χ0v) is 17.3. The highest BCUT2D eigenvalue weighted by atomic mass is 19.1. The zero-order chi connectivity index (χ0) is 22.0. The largest absolute Gasteiger partial charge is 0.494 e. The highest BCUT2D eigenvalue weighted by Gasteiger charge is 2.14. The normalized spacial score (nSPS) is 10.5. The van der Waals surface area contributed by atoms with Crippen LogP contribution in [-0.4, -0.2) is 29.3 Å². The van der Waals surface area contributed by atoms with Crippen LogP contribution < -0.4 is 9.64 Å². The molecule has 0 fully saturated rings. The van der Waals surface area contributed by atoms with Gasteiger partial charge >= 0.3 is 0 Å². The van der Waals surface area contributed by atoms with Gasteiger partial charge in [0.15, 0.2) is 17.4 Å². The number of rotatable bonds is 5. The summed E-state index contributed by atoms with van der Waals surface area (Å²) in [6.45, 7) is 1.98. The van der Waals surface area contributed by atoms with Crippen molar-refractivity contribution >= 4 is 11.6 Å². The molecule has 4 rings (SSSR count). The number of nitrogens with zero attached hydrogens (tertiary/aromatic N) is 4. The van der Waals surface area contributed by atoms with Crippen molar-refractivity contribution < 1.29 is 9.13 Å². The summed E-state index contributed by atoms with van der Waals surface area (Å²) in [4.78, 5) is 6.34.